The van der Waals surface area contributed by atoms with Crippen LogP contribution in [0.2, 0.25) is 0 Å². The summed E-state index contributed by atoms with van der Waals surface area (Å²) in [5.41, 5.74) is 0.362. The molecule has 1 saturated heterocycles. The highest BCUT2D eigenvalue weighted by Gasteiger charge is 2.28. The van der Waals surface area contributed by atoms with E-state index in [0.29, 0.717) is 23.4 Å². The van der Waals surface area contributed by atoms with Gasteiger partial charge in [-0.15, -0.1) is 0 Å². The highest BCUT2D eigenvalue weighted by atomic mass is 16.5. The average molecular weight is 322 g/mol. The molecule has 2 rings (SSSR count). The lowest BCUT2D eigenvalue weighted by molar-refractivity contribution is -0.130. The topological polar surface area (TPSA) is 67.7 Å². The molecular weight excluding hydrogens is 296 g/mol. The summed E-state index contributed by atoms with van der Waals surface area (Å²) in [6.07, 6.45) is 1.15. The van der Waals surface area contributed by atoms with Crippen LogP contribution in [0, 0.1) is 11.8 Å². The second-order valence-corrected chi connectivity index (χ2v) is 6.72. The van der Waals surface area contributed by atoms with Crippen LogP contribution in [0.3, 0.4) is 0 Å². The molecule has 1 aromatic rings. The van der Waals surface area contributed by atoms with E-state index in [1.807, 2.05) is 4.90 Å². The molecule has 0 bridgehead atoms. The standard InChI is InChI=1S/C16H26N4O3/c1-11-6-12(2)9-20(8-11)16(22)13-7-15(19(5)17-13)23-10-14(21)18(3)4/h7,11-12H,6,8-10H2,1-5H3. The maximum absolute atomic E-state index is 12.6. The summed E-state index contributed by atoms with van der Waals surface area (Å²) < 4.78 is 6.95. The number of likely N-dealkylation sites (tertiary alicyclic amines) is 1. The van der Waals surface area contributed by atoms with E-state index in [2.05, 4.69) is 18.9 Å². The third-order valence-electron chi connectivity index (χ3n) is 4.05. The molecule has 2 unspecified atom stereocenters. The van der Waals surface area contributed by atoms with Gasteiger partial charge in [0.15, 0.2) is 12.3 Å². The van der Waals surface area contributed by atoms with Gasteiger partial charge in [-0.1, -0.05) is 13.8 Å². The zero-order chi connectivity index (χ0) is 17.1. The molecule has 0 radical (unpaired) electrons. The van der Waals surface area contributed by atoms with E-state index in [4.69, 9.17) is 4.74 Å². The normalized spacial score (nSPS) is 21.2. The molecule has 1 aromatic heterocycles. The van der Waals surface area contributed by atoms with Gasteiger partial charge in [-0.05, 0) is 18.3 Å². The quantitative estimate of drug-likeness (QED) is 0.829. The minimum Gasteiger partial charge on any atom is -0.468 e. The molecule has 0 spiro atoms. The second kappa shape index (κ2) is 7.02. The molecule has 7 heteroatoms. The Bertz CT molecular complexity index is 572. The van der Waals surface area contributed by atoms with Crippen LogP contribution in [0.25, 0.3) is 0 Å². The van der Waals surface area contributed by atoms with Gasteiger partial charge < -0.3 is 14.5 Å². The Kier molecular flexibility index (Phi) is 5.28. The molecular formula is C16H26N4O3. The van der Waals surface area contributed by atoms with Crippen molar-refractivity contribution in [2.45, 2.75) is 20.3 Å². The first kappa shape index (κ1) is 17.3. The molecule has 0 aromatic carbocycles. The molecule has 0 N–H and O–H groups in total. The van der Waals surface area contributed by atoms with Crippen LogP contribution in [0.15, 0.2) is 6.07 Å². The highest BCUT2D eigenvalue weighted by molar-refractivity contribution is 5.92. The zero-order valence-electron chi connectivity index (χ0n) is 14.6. The molecule has 1 fully saturated rings. The summed E-state index contributed by atoms with van der Waals surface area (Å²) in [7, 11) is 5.04. The Morgan fingerprint density at radius 2 is 1.91 bits per heavy atom. The Morgan fingerprint density at radius 1 is 1.30 bits per heavy atom. The van der Waals surface area contributed by atoms with E-state index < -0.39 is 0 Å². The average Bonchev–Trinajstić information content (AvgIpc) is 2.83. The molecule has 1 aliphatic heterocycles. The highest BCUT2D eigenvalue weighted by Crippen LogP contribution is 2.23. The summed E-state index contributed by atoms with van der Waals surface area (Å²) in [5.74, 6) is 1.20. The number of carbonyl (C=O) groups is 2. The first-order valence-electron chi connectivity index (χ1n) is 7.94. The molecule has 2 amide bonds. The van der Waals surface area contributed by atoms with Gasteiger partial charge in [0.1, 0.15) is 0 Å². The third kappa shape index (κ3) is 4.24. The SMILES string of the molecule is CC1CC(C)CN(C(=O)c2cc(OCC(=O)N(C)C)n(C)n2)C1. The molecule has 1 aliphatic rings. The van der Waals surface area contributed by atoms with Crippen LogP contribution < -0.4 is 4.74 Å². The Labute approximate surface area is 137 Å². The maximum Gasteiger partial charge on any atom is 0.274 e. The third-order valence-corrected chi connectivity index (χ3v) is 4.05. The van der Waals surface area contributed by atoms with Crippen molar-refractivity contribution in [3.63, 3.8) is 0 Å². The van der Waals surface area contributed by atoms with E-state index in [9.17, 15) is 9.59 Å². The van der Waals surface area contributed by atoms with Gasteiger partial charge in [-0.3, -0.25) is 9.59 Å². The number of piperidine rings is 1. The summed E-state index contributed by atoms with van der Waals surface area (Å²) in [6, 6.07) is 1.61. The number of hydrogen-bond donors (Lipinski definition) is 0. The van der Waals surface area contributed by atoms with Crippen LogP contribution in [0.4, 0.5) is 0 Å². The Hall–Kier alpha value is -2.05. The number of amides is 2. The number of likely N-dealkylation sites (N-methyl/N-ethyl adjacent to an activating group) is 1. The first-order valence-corrected chi connectivity index (χ1v) is 7.94. The number of nitrogens with zero attached hydrogens (tertiary/aromatic N) is 4. The summed E-state index contributed by atoms with van der Waals surface area (Å²) >= 11 is 0. The molecule has 23 heavy (non-hydrogen) atoms. The van der Waals surface area contributed by atoms with Crippen molar-refractivity contribution in [2.75, 3.05) is 33.8 Å². The Balaban J connectivity index is 2.04. The van der Waals surface area contributed by atoms with E-state index >= 15 is 0 Å². The molecule has 0 aliphatic carbocycles. The van der Waals surface area contributed by atoms with Crippen LogP contribution >= 0.6 is 0 Å². The number of carbonyl (C=O) groups excluding carboxylic acids is 2. The monoisotopic (exact) mass is 322 g/mol. The smallest absolute Gasteiger partial charge is 0.274 e. The van der Waals surface area contributed by atoms with Gasteiger partial charge in [0.25, 0.3) is 11.8 Å². The van der Waals surface area contributed by atoms with Crippen molar-refractivity contribution in [3.8, 4) is 5.88 Å². The molecule has 128 valence electrons. The molecule has 0 saturated carbocycles. The number of rotatable bonds is 4. The van der Waals surface area contributed by atoms with Crippen LogP contribution in [-0.4, -0.2) is 65.2 Å². The zero-order valence-corrected chi connectivity index (χ0v) is 14.6. The predicted molar refractivity (Wildman–Crippen MR) is 86.2 cm³/mol. The fourth-order valence-electron chi connectivity index (χ4n) is 2.95. The van der Waals surface area contributed by atoms with Crippen molar-refractivity contribution < 1.29 is 14.3 Å². The van der Waals surface area contributed by atoms with E-state index in [1.165, 1.54) is 9.58 Å². The van der Waals surface area contributed by atoms with E-state index in [-0.39, 0.29) is 18.4 Å². The Morgan fingerprint density at radius 3 is 2.48 bits per heavy atom. The number of aryl methyl sites for hydroxylation is 1. The summed E-state index contributed by atoms with van der Waals surface area (Å²) in [5, 5.41) is 4.23. The first-order chi connectivity index (χ1) is 10.8. The summed E-state index contributed by atoms with van der Waals surface area (Å²) in [4.78, 5) is 27.5. The van der Waals surface area contributed by atoms with Crippen molar-refractivity contribution in [3.05, 3.63) is 11.8 Å². The number of hydrogen-bond acceptors (Lipinski definition) is 4. The van der Waals surface area contributed by atoms with Crippen LogP contribution in [0.1, 0.15) is 30.8 Å². The number of aromatic nitrogens is 2. The van der Waals surface area contributed by atoms with E-state index in [0.717, 1.165) is 19.5 Å². The fourth-order valence-corrected chi connectivity index (χ4v) is 2.95. The lowest BCUT2D eigenvalue weighted by Crippen LogP contribution is -2.42. The molecule has 7 nitrogen and oxygen atoms in total. The largest absolute Gasteiger partial charge is 0.468 e. The second-order valence-electron chi connectivity index (χ2n) is 6.72. The molecule has 2 heterocycles. The van der Waals surface area contributed by atoms with Crippen molar-refractivity contribution in [2.24, 2.45) is 18.9 Å². The van der Waals surface area contributed by atoms with Gasteiger partial charge in [0.05, 0.1) is 0 Å². The lowest BCUT2D eigenvalue weighted by Gasteiger charge is -2.34. The van der Waals surface area contributed by atoms with Gasteiger partial charge in [-0.25, -0.2) is 4.68 Å². The lowest BCUT2D eigenvalue weighted by atomic mass is 9.92. The number of ether oxygens (including phenoxy) is 1. The minimum atomic E-state index is -0.141. The van der Waals surface area contributed by atoms with E-state index in [1.54, 1.807) is 27.2 Å². The van der Waals surface area contributed by atoms with Crippen LogP contribution in [-0.2, 0) is 11.8 Å². The van der Waals surface area contributed by atoms with Crippen LogP contribution in [0.5, 0.6) is 5.88 Å². The van der Waals surface area contributed by atoms with Gasteiger partial charge in [-0.2, -0.15) is 5.10 Å². The van der Waals surface area contributed by atoms with Gasteiger partial charge in [0.2, 0.25) is 5.88 Å². The van der Waals surface area contributed by atoms with Gasteiger partial charge in [0, 0.05) is 40.3 Å². The maximum atomic E-state index is 12.6. The predicted octanol–water partition coefficient (Wildman–Crippen LogP) is 1.01. The van der Waals surface area contributed by atoms with Crippen molar-refractivity contribution in [1.29, 1.82) is 0 Å². The molecule has 2 atom stereocenters. The van der Waals surface area contributed by atoms with Crippen molar-refractivity contribution in [1.82, 2.24) is 19.6 Å². The fraction of sp³-hybridized carbons (Fsp3) is 0.688. The summed E-state index contributed by atoms with van der Waals surface area (Å²) in [6.45, 7) is 5.77. The minimum absolute atomic E-state index is 0.0715. The van der Waals surface area contributed by atoms with Crippen molar-refractivity contribution >= 4 is 11.8 Å². The van der Waals surface area contributed by atoms with Gasteiger partial charge >= 0.3 is 0 Å².